The van der Waals surface area contributed by atoms with Crippen LogP contribution in [0.2, 0.25) is 5.02 Å². The summed E-state index contributed by atoms with van der Waals surface area (Å²) in [5.41, 5.74) is 8.58. The van der Waals surface area contributed by atoms with E-state index in [2.05, 4.69) is 15.3 Å². The van der Waals surface area contributed by atoms with Gasteiger partial charge in [0.1, 0.15) is 11.5 Å². The van der Waals surface area contributed by atoms with E-state index in [1.54, 1.807) is 26.5 Å². The van der Waals surface area contributed by atoms with E-state index in [-0.39, 0.29) is 5.95 Å². The molecule has 2 heterocycles. The maximum Gasteiger partial charge on any atom is 0.220 e. The average Bonchev–Trinajstić information content (AvgIpc) is 2.68. The minimum atomic E-state index is 0.174. The standard InChI is InChI=1S/C20H24ClN6O2/c1-11-14(28-4)9-15(29-5)17(21)16(11)13-8-12-10-24-20(22)26-18(12)19(25-13)23-6-7-27(2)3/h8-10H,6-7H2,1-5H3,(H2-,22,23,24,25,26)/q-1. The van der Waals surface area contributed by atoms with Crippen LogP contribution >= 0.6 is 11.6 Å². The molecule has 0 saturated heterocycles. The molecular formula is C20H24ClN6O2-. The fraction of sp³-hybridized carbons (Fsp3) is 0.350. The van der Waals surface area contributed by atoms with Crippen molar-refractivity contribution in [2.75, 3.05) is 47.1 Å². The van der Waals surface area contributed by atoms with Crippen LogP contribution in [-0.2, 0) is 0 Å². The van der Waals surface area contributed by atoms with Crippen LogP contribution in [0.15, 0.2) is 18.3 Å². The molecular weight excluding hydrogens is 392 g/mol. The highest BCUT2D eigenvalue weighted by molar-refractivity contribution is 6.35. The summed E-state index contributed by atoms with van der Waals surface area (Å²) in [4.78, 5) is 15.2. The molecule has 1 aromatic carbocycles. The molecule has 0 atom stereocenters. The molecule has 0 aliphatic carbocycles. The summed E-state index contributed by atoms with van der Waals surface area (Å²) >= 11 is 6.64. The van der Waals surface area contributed by atoms with Gasteiger partial charge in [-0.25, -0.2) is 9.97 Å². The van der Waals surface area contributed by atoms with E-state index < -0.39 is 0 Å². The quantitative estimate of drug-likeness (QED) is 0.625. The molecule has 0 aliphatic rings. The van der Waals surface area contributed by atoms with Crippen LogP contribution in [0.5, 0.6) is 11.5 Å². The van der Waals surface area contributed by atoms with E-state index in [9.17, 15) is 0 Å². The number of hydrogen-bond acceptors (Lipinski definition) is 7. The predicted molar refractivity (Wildman–Crippen MR) is 116 cm³/mol. The lowest BCUT2D eigenvalue weighted by atomic mass is 10.0. The number of anilines is 1. The van der Waals surface area contributed by atoms with Crippen LogP contribution in [0, 0.1) is 6.92 Å². The zero-order valence-electron chi connectivity index (χ0n) is 17.2. The Kier molecular flexibility index (Phi) is 6.24. The molecule has 0 amide bonds. The lowest BCUT2D eigenvalue weighted by Gasteiger charge is -2.23. The van der Waals surface area contributed by atoms with E-state index in [4.69, 9.17) is 31.8 Å². The highest BCUT2D eigenvalue weighted by Gasteiger charge is 2.17. The molecule has 8 nitrogen and oxygen atoms in total. The summed E-state index contributed by atoms with van der Waals surface area (Å²) < 4.78 is 10.9. The predicted octanol–water partition coefficient (Wildman–Crippen LogP) is 3.82. The molecule has 9 heteroatoms. The first-order chi connectivity index (χ1) is 13.8. The van der Waals surface area contributed by atoms with Crippen LogP contribution in [0.1, 0.15) is 5.56 Å². The average molecular weight is 416 g/mol. The topological polar surface area (TPSA) is 100 Å². The van der Waals surface area contributed by atoms with Crippen molar-refractivity contribution in [3.05, 3.63) is 34.2 Å². The first kappa shape index (κ1) is 20.9. The number of halogens is 1. The van der Waals surface area contributed by atoms with Gasteiger partial charge in [0.25, 0.3) is 0 Å². The van der Waals surface area contributed by atoms with Gasteiger partial charge in [0, 0.05) is 28.8 Å². The summed E-state index contributed by atoms with van der Waals surface area (Å²) in [5.74, 6) is 1.83. The van der Waals surface area contributed by atoms with Gasteiger partial charge < -0.3 is 30.4 Å². The number of nitrogens with two attached hydrogens (primary N) is 1. The van der Waals surface area contributed by atoms with Crippen molar-refractivity contribution in [3.8, 4) is 22.8 Å². The maximum absolute atomic E-state index is 6.64. The molecule has 154 valence electrons. The molecule has 0 aliphatic heterocycles. The van der Waals surface area contributed by atoms with Crippen molar-refractivity contribution in [3.63, 3.8) is 0 Å². The van der Waals surface area contributed by atoms with E-state index in [1.807, 2.05) is 32.0 Å². The minimum absolute atomic E-state index is 0.174. The Morgan fingerprint density at radius 1 is 1.14 bits per heavy atom. The molecule has 0 spiro atoms. The smallest absolute Gasteiger partial charge is 0.220 e. The van der Waals surface area contributed by atoms with Gasteiger partial charge in [0.15, 0.2) is 0 Å². The number of likely N-dealkylation sites (N-methyl/N-ethyl adjacent to an activating group) is 1. The van der Waals surface area contributed by atoms with Gasteiger partial charge in [-0.2, -0.15) is 0 Å². The van der Waals surface area contributed by atoms with Gasteiger partial charge in [-0.15, -0.1) is 0 Å². The van der Waals surface area contributed by atoms with Gasteiger partial charge in [-0.05, 0) is 51.7 Å². The first-order valence-electron chi connectivity index (χ1n) is 9.02. The number of fused-ring (bicyclic) bond motifs is 1. The van der Waals surface area contributed by atoms with Crippen LogP contribution in [0.3, 0.4) is 0 Å². The summed E-state index contributed by atoms with van der Waals surface area (Å²) in [6, 6.07) is 3.63. The number of pyridine rings is 1. The van der Waals surface area contributed by atoms with Crippen molar-refractivity contribution in [1.29, 1.82) is 0 Å². The maximum atomic E-state index is 6.64. The number of ether oxygens (including phenoxy) is 2. The fourth-order valence-electron chi connectivity index (χ4n) is 3.00. The number of benzene rings is 1. The van der Waals surface area contributed by atoms with Crippen LogP contribution in [0.4, 0.5) is 11.8 Å². The van der Waals surface area contributed by atoms with Crippen LogP contribution in [-0.4, -0.2) is 61.3 Å². The molecule has 2 N–H and O–H groups in total. The highest BCUT2D eigenvalue weighted by atomic mass is 35.5. The number of aromatic nitrogens is 3. The van der Waals surface area contributed by atoms with Crippen molar-refractivity contribution in [2.45, 2.75) is 6.92 Å². The van der Waals surface area contributed by atoms with Crippen molar-refractivity contribution >= 4 is 34.3 Å². The monoisotopic (exact) mass is 415 g/mol. The Morgan fingerprint density at radius 2 is 1.86 bits per heavy atom. The number of hydrogen-bond donors (Lipinski definition) is 1. The Balaban J connectivity index is 2.21. The van der Waals surface area contributed by atoms with E-state index >= 15 is 0 Å². The minimum Gasteiger partial charge on any atom is -0.496 e. The first-order valence-corrected chi connectivity index (χ1v) is 9.40. The molecule has 3 aromatic rings. The number of rotatable bonds is 7. The summed E-state index contributed by atoms with van der Waals surface area (Å²) in [6.45, 7) is 3.27. The number of methoxy groups -OCH3 is 2. The van der Waals surface area contributed by atoms with Crippen molar-refractivity contribution in [2.24, 2.45) is 0 Å². The van der Waals surface area contributed by atoms with Crippen molar-refractivity contribution < 1.29 is 9.47 Å². The summed E-state index contributed by atoms with van der Waals surface area (Å²) in [7, 11) is 7.14. The van der Waals surface area contributed by atoms with E-state index in [1.165, 1.54) is 0 Å². The number of nitrogen functional groups attached to an aromatic ring is 1. The van der Waals surface area contributed by atoms with Gasteiger partial charge in [0.05, 0.1) is 24.8 Å². The second kappa shape index (κ2) is 8.67. The lowest BCUT2D eigenvalue weighted by Crippen LogP contribution is -2.15. The summed E-state index contributed by atoms with van der Waals surface area (Å²) in [5, 5.41) is 5.86. The molecule has 0 saturated carbocycles. The molecule has 0 bridgehead atoms. The zero-order chi connectivity index (χ0) is 21.1. The third-order valence-corrected chi connectivity index (χ3v) is 4.89. The molecule has 3 rings (SSSR count). The van der Waals surface area contributed by atoms with Gasteiger partial charge in [-0.3, -0.25) is 0 Å². The Bertz CT molecular complexity index is 1010. The largest absolute Gasteiger partial charge is 0.496 e. The number of nitrogens with zero attached hydrogens (tertiary/aromatic N) is 5. The normalized spacial score (nSPS) is 11.1. The Hall–Kier alpha value is -2.84. The molecule has 29 heavy (non-hydrogen) atoms. The van der Waals surface area contributed by atoms with E-state index in [0.717, 1.165) is 17.5 Å². The van der Waals surface area contributed by atoms with Gasteiger partial charge in [0.2, 0.25) is 5.95 Å². The molecule has 0 fully saturated rings. The van der Waals surface area contributed by atoms with E-state index in [0.29, 0.717) is 45.7 Å². The third kappa shape index (κ3) is 4.28. The van der Waals surface area contributed by atoms with Crippen LogP contribution < -0.4 is 15.2 Å². The van der Waals surface area contributed by atoms with Gasteiger partial charge in [-0.1, -0.05) is 11.6 Å². The Morgan fingerprint density at radius 3 is 2.52 bits per heavy atom. The second-order valence-corrected chi connectivity index (χ2v) is 7.16. The third-order valence-electron chi connectivity index (χ3n) is 4.51. The molecule has 0 radical (unpaired) electrons. The Labute approximate surface area is 175 Å². The molecule has 2 aromatic heterocycles. The zero-order valence-corrected chi connectivity index (χ0v) is 17.9. The SMILES string of the molecule is COc1cc(OC)c(Cl)c(-c2cc3cnc(N)nc3c([N-]CCN(C)C)n2)c1C. The highest BCUT2D eigenvalue weighted by Crippen LogP contribution is 2.43. The molecule has 0 unspecified atom stereocenters. The van der Waals surface area contributed by atoms with Crippen molar-refractivity contribution in [1.82, 2.24) is 19.9 Å². The van der Waals surface area contributed by atoms with Crippen LogP contribution in [0.25, 0.3) is 27.5 Å². The summed E-state index contributed by atoms with van der Waals surface area (Å²) in [6.07, 6.45) is 1.66. The van der Waals surface area contributed by atoms with Gasteiger partial charge >= 0.3 is 0 Å². The fourth-order valence-corrected chi connectivity index (χ4v) is 3.37. The second-order valence-electron chi connectivity index (χ2n) is 6.78. The lowest BCUT2D eigenvalue weighted by molar-refractivity contribution is 0.393.